The van der Waals surface area contributed by atoms with E-state index >= 15 is 0 Å². The van der Waals surface area contributed by atoms with Crippen molar-refractivity contribution in [1.29, 1.82) is 0 Å². The summed E-state index contributed by atoms with van der Waals surface area (Å²) in [5.74, 6) is 0.256. The maximum atomic E-state index is 12.2. The summed E-state index contributed by atoms with van der Waals surface area (Å²) < 4.78 is 3.93. The number of fused-ring (bicyclic) bond motifs is 1. The van der Waals surface area contributed by atoms with Gasteiger partial charge in [-0.1, -0.05) is 13.8 Å². The van der Waals surface area contributed by atoms with Crippen LogP contribution in [0, 0.1) is 12.3 Å². The number of aromatic nitrogens is 3. The van der Waals surface area contributed by atoms with Gasteiger partial charge in [-0.05, 0) is 24.8 Å². The Morgan fingerprint density at radius 1 is 1.32 bits per heavy atom. The molecule has 4 nitrogen and oxygen atoms in total. The number of carbonyl (C=O) groups is 1. The van der Waals surface area contributed by atoms with Gasteiger partial charge in [-0.25, -0.2) is 0 Å². The van der Waals surface area contributed by atoms with Crippen molar-refractivity contribution in [1.82, 2.24) is 14.3 Å². The van der Waals surface area contributed by atoms with Crippen molar-refractivity contribution in [3.05, 3.63) is 35.4 Å². The van der Waals surface area contributed by atoms with E-state index in [0.29, 0.717) is 6.42 Å². The van der Waals surface area contributed by atoms with Crippen molar-refractivity contribution in [3.8, 4) is 5.69 Å². The molecule has 0 aliphatic heterocycles. The SMILES string of the molecule is Cc1nn(C)cc1-n1ccc2c1CC(C)(C)CC2=O. The van der Waals surface area contributed by atoms with Crippen molar-refractivity contribution in [2.75, 3.05) is 0 Å². The van der Waals surface area contributed by atoms with Gasteiger partial charge in [0.25, 0.3) is 0 Å². The van der Waals surface area contributed by atoms with Crippen LogP contribution in [-0.4, -0.2) is 20.1 Å². The van der Waals surface area contributed by atoms with E-state index in [9.17, 15) is 4.79 Å². The summed E-state index contributed by atoms with van der Waals surface area (Å²) in [7, 11) is 1.92. The first-order valence-electron chi connectivity index (χ1n) is 6.61. The standard InChI is InChI=1S/C15H19N3O/c1-10-13(9-17(4)16-10)18-6-5-11-12(18)7-15(2,3)8-14(11)19/h5-6,9H,7-8H2,1-4H3. The lowest BCUT2D eigenvalue weighted by Gasteiger charge is -2.29. The molecule has 0 saturated heterocycles. The van der Waals surface area contributed by atoms with Gasteiger partial charge in [0.2, 0.25) is 0 Å². The fourth-order valence-electron chi connectivity index (χ4n) is 2.99. The van der Waals surface area contributed by atoms with Crippen LogP contribution in [0.3, 0.4) is 0 Å². The number of nitrogens with zero attached hydrogens (tertiary/aromatic N) is 3. The lowest BCUT2D eigenvalue weighted by atomic mass is 9.76. The fourth-order valence-corrected chi connectivity index (χ4v) is 2.99. The van der Waals surface area contributed by atoms with Crippen LogP contribution in [0.4, 0.5) is 0 Å². The Morgan fingerprint density at radius 3 is 2.68 bits per heavy atom. The Labute approximate surface area is 113 Å². The topological polar surface area (TPSA) is 39.8 Å². The summed E-state index contributed by atoms with van der Waals surface area (Å²) in [6, 6.07) is 1.94. The molecule has 1 aliphatic carbocycles. The minimum atomic E-state index is 0.0380. The molecule has 100 valence electrons. The van der Waals surface area contributed by atoms with Gasteiger partial charge in [-0.15, -0.1) is 0 Å². The Hall–Kier alpha value is -1.84. The highest BCUT2D eigenvalue weighted by Crippen LogP contribution is 2.36. The summed E-state index contributed by atoms with van der Waals surface area (Å²) in [5.41, 5.74) is 4.09. The average molecular weight is 257 g/mol. The Balaban J connectivity index is 2.16. The zero-order valence-electron chi connectivity index (χ0n) is 11.9. The number of hydrogen-bond acceptors (Lipinski definition) is 2. The zero-order chi connectivity index (χ0) is 13.8. The highest BCUT2D eigenvalue weighted by atomic mass is 16.1. The molecule has 0 bridgehead atoms. The van der Waals surface area contributed by atoms with E-state index in [4.69, 9.17) is 0 Å². The summed E-state index contributed by atoms with van der Waals surface area (Å²) in [6.07, 6.45) is 5.56. The Morgan fingerprint density at radius 2 is 2.05 bits per heavy atom. The van der Waals surface area contributed by atoms with Crippen LogP contribution in [0.15, 0.2) is 18.5 Å². The molecule has 0 amide bonds. The molecule has 2 aromatic rings. The van der Waals surface area contributed by atoms with Crippen molar-refractivity contribution < 1.29 is 4.79 Å². The maximum absolute atomic E-state index is 12.2. The molecule has 0 saturated carbocycles. The first-order chi connectivity index (χ1) is 8.87. The lowest BCUT2D eigenvalue weighted by Crippen LogP contribution is -2.27. The molecule has 0 fully saturated rings. The third-order valence-corrected chi connectivity index (χ3v) is 3.82. The quantitative estimate of drug-likeness (QED) is 0.788. The number of ketones is 1. The molecule has 0 aromatic carbocycles. The van der Waals surface area contributed by atoms with Gasteiger partial charge in [0.05, 0.1) is 11.4 Å². The summed E-state index contributed by atoms with van der Waals surface area (Å²) >= 11 is 0. The molecule has 19 heavy (non-hydrogen) atoms. The van der Waals surface area contributed by atoms with E-state index in [0.717, 1.165) is 29.1 Å². The smallest absolute Gasteiger partial charge is 0.165 e. The monoisotopic (exact) mass is 257 g/mol. The van der Waals surface area contributed by atoms with Crippen LogP contribution < -0.4 is 0 Å². The van der Waals surface area contributed by atoms with Gasteiger partial charge in [0.15, 0.2) is 5.78 Å². The minimum absolute atomic E-state index is 0.0380. The normalized spacial score (nSPS) is 17.6. The third-order valence-electron chi connectivity index (χ3n) is 3.82. The van der Waals surface area contributed by atoms with E-state index in [1.165, 1.54) is 0 Å². The second-order valence-corrected chi connectivity index (χ2v) is 6.26. The highest BCUT2D eigenvalue weighted by Gasteiger charge is 2.33. The number of Topliss-reactive ketones (excluding diaryl/α,β-unsaturated/α-hetero) is 1. The van der Waals surface area contributed by atoms with Crippen LogP contribution in [-0.2, 0) is 13.5 Å². The predicted octanol–water partition coefficient (Wildman–Crippen LogP) is 2.67. The number of carbonyl (C=O) groups excluding carboxylic acids is 1. The van der Waals surface area contributed by atoms with Gasteiger partial charge in [0.1, 0.15) is 0 Å². The lowest BCUT2D eigenvalue weighted by molar-refractivity contribution is 0.0911. The number of rotatable bonds is 1. The van der Waals surface area contributed by atoms with Gasteiger partial charge in [-0.3, -0.25) is 9.48 Å². The van der Waals surface area contributed by atoms with Crippen molar-refractivity contribution in [2.45, 2.75) is 33.6 Å². The molecule has 4 heteroatoms. The number of aryl methyl sites for hydroxylation is 2. The van der Waals surface area contributed by atoms with Crippen LogP contribution in [0.2, 0.25) is 0 Å². The zero-order valence-corrected chi connectivity index (χ0v) is 11.9. The fraction of sp³-hybridized carbons (Fsp3) is 0.467. The van der Waals surface area contributed by atoms with Gasteiger partial charge in [0, 0.05) is 37.1 Å². The highest BCUT2D eigenvalue weighted by molar-refractivity contribution is 5.99. The van der Waals surface area contributed by atoms with Crippen molar-refractivity contribution >= 4 is 5.78 Å². The number of hydrogen-bond donors (Lipinski definition) is 0. The molecule has 3 rings (SSSR count). The minimum Gasteiger partial charge on any atom is -0.317 e. The Kier molecular flexibility index (Phi) is 2.46. The van der Waals surface area contributed by atoms with Gasteiger partial charge >= 0.3 is 0 Å². The molecule has 0 atom stereocenters. The second-order valence-electron chi connectivity index (χ2n) is 6.26. The second kappa shape index (κ2) is 3.83. The Bertz CT molecular complexity index is 661. The van der Waals surface area contributed by atoms with Gasteiger partial charge < -0.3 is 4.57 Å². The van der Waals surface area contributed by atoms with E-state index in [1.54, 1.807) is 0 Å². The molecule has 2 heterocycles. The van der Waals surface area contributed by atoms with Crippen LogP contribution in [0.25, 0.3) is 5.69 Å². The van der Waals surface area contributed by atoms with Gasteiger partial charge in [-0.2, -0.15) is 5.10 Å². The van der Waals surface area contributed by atoms with E-state index in [2.05, 4.69) is 23.5 Å². The van der Waals surface area contributed by atoms with Crippen LogP contribution in [0.5, 0.6) is 0 Å². The molecule has 0 unspecified atom stereocenters. The molecule has 0 radical (unpaired) electrons. The predicted molar refractivity (Wildman–Crippen MR) is 73.7 cm³/mol. The molecular weight excluding hydrogens is 238 g/mol. The van der Waals surface area contributed by atoms with Crippen molar-refractivity contribution in [2.24, 2.45) is 12.5 Å². The largest absolute Gasteiger partial charge is 0.317 e. The van der Waals surface area contributed by atoms with Crippen LogP contribution >= 0.6 is 0 Å². The molecule has 0 spiro atoms. The third kappa shape index (κ3) is 1.91. The van der Waals surface area contributed by atoms with E-state index in [1.807, 2.05) is 37.1 Å². The maximum Gasteiger partial charge on any atom is 0.165 e. The summed E-state index contributed by atoms with van der Waals surface area (Å²) in [5, 5.41) is 4.38. The average Bonchev–Trinajstić information content (AvgIpc) is 2.80. The first kappa shape index (κ1) is 12.2. The summed E-state index contributed by atoms with van der Waals surface area (Å²) in [6.45, 7) is 6.31. The van der Waals surface area contributed by atoms with Crippen LogP contribution in [0.1, 0.15) is 42.0 Å². The molecule has 0 N–H and O–H groups in total. The van der Waals surface area contributed by atoms with Crippen molar-refractivity contribution in [3.63, 3.8) is 0 Å². The molecule has 1 aliphatic rings. The molecule has 2 aromatic heterocycles. The first-order valence-corrected chi connectivity index (χ1v) is 6.61. The van der Waals surface area contributed by atoms with E-state index in [-0.39, 0.29) is 11.2 Å². The summed E-state index contributed by atoms with van der Waals surface area (Å²) in [4.78, 5) is 12.2. The van der Waals surface area contributed by atoms with E-state index < -0.39 is 0 Å². The molecular formula is C15H19N3O.